The lowest BCUT2D eigenvalue weighted by Gasteiger charge is -2.06. The van der Waals surface area contributed by atoms with Gasteiger partial charge in [0.15, 0.2) is 0 Å². The van der Waals surface area contributed by atoms with E-state index < -0.39 is 0 Å². The van der Waals surface area contributed by atoms with Gasteiger partial charge in [0, 0.05) is 18.3 Å². The van der Waals surface area contributed by atoms with Gasteiger partial charge in [-0.25, -0.2) is 0 Å². The highest BCUT2D eigenvalue weighted by Crippen LogP contribution is 2.16. The Labute approximate surface area is 72.9 Å². The largest absolute Gasteiger partial charge is 0.261 e. The van der Waals surface area contributed by atoms with Crippen molar-refractivity contribution in [3.05, 3.63) is 30.1 Å². The van der Waals surface area contributed by atoms with E-state index in [1.54, 1.807) is 6.20 Å². The summed E-state index contributed by atoms with van der Waals surface area (Å²) in [6.07, 6.45) is 3.30. The molecule has 2 heteroatoms. The van der Waals surface area contributed by atoms with Gasteiger partial charge in [0.25, 0.3) is 0 Å². The number of aromatic nitrogens is 1. The molecule has 0 aliphatic rings. The van der Waals surface area contributed by atoms with E-state index in [4.69, 9.17) is 5.26 Å². The molecule has 1 unspecified atom stereocenters. The van der Waals surface area contributed by atoms with Crippen molar-refractivity contribution in [1.82, 2.24) is 4.98 Å². The molecule has 62 valence electrons. The summed E-state index contributed by atoms with van der Waals surface area (Å²) in [6.45, 7) is 2.10. The molecule has 0 aliphatic heterocycles. The Hall–Kier alpha value is -1.36. The van der Waals surface area contributed by atoms with E-state index in [-0.39, 0.29) is 0 Å². The van der Waals surface area contributed by atoms with Crippen LogP contribution in [0.3, 0.4) is 0 Å². The first kappa shape index (κ1) is 8.73. The highest BCUT2D eigenvalue weighted by molar-refractivity contribution is 5.08. The Morgan fingerprint density at radius 2 is 2.42 bits per heavy atom. The molecular weight excluding hydrogens is 148 g/mol. The van der Waals surface area contributed by atoms with E-state index in [2.05, 4.69) is 18.0 Å². The SMILES string of the molecule is CC(CCC#N)c1ccccn1. The summed E-state index contributed by atoms with van der Waals surface area (Å²) in [5.41, 5.74) is 1.08. The predicted octanol–water partition coefficient (Wildman–Crippen LogP) is 2.49. The summed E-state index contributed by atoms with van der Waals surface area (Å²) in [6, 6.07) is 8.02. The zero-order valence-electron chi connectivity index (χ0n) is 7.20. The minimum absolute atomic E-state index is 0.394. The van der Waals surface area contributed by atoms with Crippen molar-refractivity contribution in [2.45, 2.75) is 25.7 Å². The Balaban J connectivity index is 2.55. The van der Waals surface area contributed by atoms with Crippen molar-refractivity contribution in [2.75, 3.05) is 0 Å². The molecule has 2 nitrogen and oxygen atoms in total. The number of nitrogens with zero attached hydrogens (tertiary/aromatic N) is 2. The lowest BCUT2D eigenvalue weighted by Crippen LogP contribution is -1.95. The Kier molecular flexibility index (Phi) is 3.28. The van der Waals surface area contributed by atoms with Crippen LogP contribution in [0.1, 0.15) is 31.4 Å². The fourth-order valence-electron chi connectivity index (χ4n) is 1.10. The van der Waals surface area contributed by atoms with Gasteiger partial charge in [-0.3, -0.25) is 4.98 Å². The molecule has 0 amide bonds. The maximum absolute atomic E-state index is 8.39. The van der Waals surface area contributed by atoms with Crippen LogP contribution in [0.2, 0.25) is 0 Å². The normalized spacial score (nSPS) is 12.0. The Bertz CT molecular complexity index is 261. The Morgan fingerprint density at radius 1 is 1.58 bits per heavy atom. The molecule has 0 fully saturated rings. The lowest BCUT2D eigenvalue weighted by atomic mass is 10.0. The molecule has 0 aromatic carbocycles. The van der Waals surface area contributed by atoms with Crippen LogP contribution in [-0.2, 0) is 0 Å². The zero-order chi connectivity index (χ0) is 8.81. The van der Waals surface area contributed by atoms with E-state index in [0.29, 0.717) is 12.3 Å². The molecule has 0 spiro atoms. The maximum atomic E-state index is 8.39. The third-order valence-corrected chi connectivity index (χ3v) is 1.88. The van der Waals surface area contributed by atoms with E-state index in [0.717, 1.165) is 12.1 Å². The zero-order valence-corrected chi connectivity index (χ0v) is 7.20. The summed E-state index contributed by atoms with van der Waals surface area (Å²) in [5.74, 6) is 0.394. The van der Waals surface area contributed by atoms with Crippen LogP contribution in [0.15, 0.2) is 24.4 Å². The van der Waals surface area contributed by atoms with Gasteiger partial charge in [-0.05, 0) is 24.5 Å². The first-order valence-corrected chi connectivity index (χ1v) is 4.12. The topological polar surface area (TPSA) is 36.7 Å². The van der Waals surface area contributed by atoms with Gasteiger partial charge in [0.05, 0.1) is 6.07 Å². The Morgan fingerprint density at radius 3 is 3.00 bits per heavy atom. The van der Waals surface area contributed by atoms with Crippen LogP contribution < -0.4 is 0 Å². The van der Waals surface area contributed by atoms with Crippen molar-refractivity contribution in [3.63, 3.8) is 0 Å². The summed E-state index contributed by atoms with van der Waals surface area (Å²) in [5, 5.41) is 8.39. The van der Waals surface area contributed by atoms with Gasteiger partial charge in [-0.1, -0.05) is 13.0 Å². The fraction of sp³-hybridized carbons (Fsp3) is 0.400. The molecule has 1 heterocycles. The molecule has 1 rings (SSSR count). The van der Waals surface area contributed by atoms with Crippen LogP contribution >= 0.6 is 0 Å². The standard InChI is InChI=1S/C10H12N2/c1-9(5-4-7-11)10-6-2-3-8-12-10/h2-3,6,8-9H,4-5H2,1H3. The molecule has 0 radical (unpaired) electrons. The summed E-state index contributed by atoms with van der Waals surface area (Å²) in [4.78, 5) is 4.22. The first-order chi connectivity index (χ1) is 5.84. The van der Waals surface area contributed by atoms with Gasteiger partial charge in [0.2, 0.25) is 0 Å². The van der Waals surface area contributed by atoms with Crippen LogP contribution in [0, 0.1) is 11.3 Å². The predicted molar refractivity (Wildman–Crippen MR) is 47.5 cm³/mol. The van der Waals surface area contributed by atoms with Crippen molar-refractivity contribution < 1.29 is 0 Å². The molecule has 0 N–H and O–H groups in total. The maximum Gasteiger partial charge on any atom is 0.0621 e. The number of nitriles is 1. The van der Waals surface area contributed by atoms with Gasteiger partial charge in [0.1, 0.15) is 0 Å². The van der Waals surface area contributed by atoms with Crippen molar-refractivity contribution in [3.8, 4) is 6.07 Å². The highest BCUT2D eigenvalue weighted by Gasteiger charge is 2.04. The molecule has 1 aromatic heterocycles. The van der Waals surface area contributed by atoms with Crippen molar-refractivity contribution in [1.29, 1.82) is 5.26 Å². The average Bonchev–Trinajstić information content (AvgIpc) is 2.15. The van der Waals surface area contributed by atoms with E-state index >= 15 is 0 Å². The smallest absolute Gasteiger partial charge is 0.0621 e. The van der Waals surface area contributed by atoms with E-state index in [9.17, 15) is 0 Å². The van der Waals surface area contributed by atoms with Crippen LogP contribution in [0.4, 0.5) is 0 Å². The summed E-state index contributed by atoms with van der Waals surface area (Å²) in [7, 11) is 0. The second-order valence-corrected chi connectivity index (χ2v) is 2.85. The second kappa shape index (κ2) is 4.50. The molecule has 1 aromatic rings. The molecule has 0 saturated heterocycles. The second-order valence-electron chi connectivity index (χ2n) is 2.85. The van der Waals surface area contributed by atoms with Gasteiger partial charge in [-0.15, -0.1) is 0 Å². The van der Waals surface area contributed by atoms with E-state index in [1.807, 2.05) is 18.2 Å². The minimum atomic E-state index is 0.394. The lowest BCUT2D eigenvalue weighted by molar-refractivity contribution is 0.674. The fourth-order valence-corrected chi connectivity index (χ4v) is 1.10. The minimum Gasteiger partial charge on any atom is -0.261 e. The highest BCUT2D eigenvalue weighted by atomic mass is 14.7. The molecule has 0 aliphatic carbocycles. The molecule has 0 bridgehead atoms. The molecule has 12 heavy (non-hydrogen) atoms. The monoisotopic (exact) mass is 160 g/mol. The summed E-state index contributed by atoms with van der Waals surface area (Å²) >= 11 is 0. The van der Waals surface area contributed by atoms with Crippen LogP contribution in [0.5, 0.6) is 0 Å². The van der Waals surface area contributed by atoms with Gasteiger partial charge >= 0.3 is 0 Å². The molecule has 1 atom stereocenters. The van der Waals surface area contributed by atoms with Crippen molar-refractivity contribution in [2.24, 2.45) is 0 Å². The quantitative estimate of drug-likeness (QED) is 0.681. The number of hydrogen-bond donors (Lipinski definition) is 0. The third-order valence-electron chi connectivity index (χ3n) is 1.88. The number of pyridine rings is 1. The van der Waals surface area contributed by atoms with Gasteiger partial charge < -0.3 is 0 Å². The molecule has 0 saturated carbocycles. The van der Waals surface area contributed by atoms with Crippen molar-refractivity contribution >= 4 is 0 Å². The third kappa shape index (κ3) is 2.35. The average molecular weight is 160 g/mol. The molecular formula is C10H12N2. The number of hydrogen-bond acceptors (Lipinski definition) is 2. The van der Waals surface area contributed by atoms with Crippen LogP contribution in [0.25, 0.3) is 0 Å². The van der Waals surface area contributed by atoms with E-state index in [1.165, 1.54) is 0 Å². The number of rotatable bonds is 3. The van der Waals surface area contributed by atoms with Crippen LogP contribution in [-0.4, -0.2) is 4.98 Å². The van der Waals surface area contributed by atoms with Gasteiger partial charge in [-0.2, -0.15) is 5.26 Å². The summed E-state index contributed by atoms with van der Waals surface area (Å²) < 4.78 is 0. The first-order valence-electron chi connectivity index (χ1n) is 4.12.